The summed E-state index contributed by atoms with van der Waals surface area (Å²) in [7, 11) is 0. The van der Waals surface area contributed by atoms with Crippen molar-refractivity contribution in [2.45, 2.75) is 25.8 Å². The number of nitrogens with one attached hydrogen (secondary N) is 1. The minimum Gasteiger partial charge on any atom is -0.376 e. The molecule has 100 valence electrons. The molecule has 1 unspecified atom stereocenters. The third kappa shape index (κ3) is 2.76. The molecule has 0 aliphatic carbocycles. The molecule has 1 fully saturated rings. The zero-order valence-electron chi connectivity index (χ0n) is 11.3. The third-order valence-corrected chi connectivity index (χ3v) is 4.75. The fraction of sp³-hybridized carbons (Fsp3) is 0.375. The van der Waals surface area contributed by atoms with Crippen LogP contribution in [0.1, 0.15) is 30.7 Å². The van der Waals surface area contributed by atoms with Crippen molar-refractivity contribution in [3.8, 4) is 0 Å². The van der Waals surface area contributed by atoms with E-state index in [9.17, 15) is 0 Å². The average molecular weight is 272 g/mol. The van der Waals surface area contributed by atoms with E-state index >= 15 is 0 Å². The van der Waals surface area contributed by atoms with Crippen LogP contribution in [0.4, 0.5) is 11.4 Å². The van der Waals surface area contributed by atoms with Crippen LogP contribution in [0.15, 0.2) is 41.8 Å². The Morgan fingerprint density at radius 2 is 1.89 bits per heavy atom. The van der Waals surface area contributed by atoms with Crippen LogP contribution in [-0.2, 0) is 0 Å². The largest absolute Gasteiger partial charge is 0.376 e. The maximum atomic E-state index is 3.66. The van der Waals surface area contributed by atoms with E-state index in [0.717, 1.165) is 0 Å². The molecular formula is C16H20N2S. The molecule has 1 atom stereocenters. The Kier molecular flexibility index (Phi) is 3.74. The summed E-state index contributed by atoms with van der Waals surface area (Å²) in [4.78, 5) is 3.87. The highest BCUT2D eigenvalue weighted by Crippen LogP contribution is 2.32. The van der Waals surface area contributed by atoms with Crippen LogP contribution in [0.25, 0.3) is 0 Å². The fourth-order valence-corrected chi connectivity index (χ4v) is 3.41. The van der Waals surface area contributed by atoms with Gasteiger partial charge in [0.1, 0.15) is 0 Å². The Morgan fingerprint density at radius 3 is 2.63 bits per heavy atom. The Morgan fingerprint density at radius 1 is 1.11 bits per heavy atom. The van der Waals surface area contributed by atoms with Crippen LogP contribution in [0.2, 0.25) is 0 Å². The normalized spacial score (nSPS) is 16.6. The SMILES string of the molecule is CC(Nc1ccccc1N1CCCC1)c1cccs1. The van der Waals surface area contributed by atoms with Gasteiger partial charge in [-0.3, -0.25) is 0 Å². The van der Waals surface area contributed by atoms with Gasteiger partial charge in [0.25, 0.3) is 0 Å². The first-order chi connectivity index (χ1) is 9.34. The van der Waals surface area contributed by atoms with Crippen LogP contribution in [-0.4, -0.2) is 13.1 Å². The molecule has 1 aliphatic rings. The molecule has 2 heterocycles. The molecule has 1 aromatic carbocycles. The van der Waals surface area contributed by atoms with Gasteiger partial charge in [-0.1, -0.05) is 18.2 Å². The number of hydrogen-bond donors (Lipinski definition) is 1. The zero-order chi connectivity index (χ0) is 13.1. The summed E-state index contributed by atoms with van der Waals surface area (Å²) in [5.41, 5.74) is 2.61. The molecular weight excluding hydrogens is 252 g/mol. The average Bonchev–Trinajstić information content (AvgIpc) is 3.13. The minimum absolute atomic E-state index is 0.365. The van der Waals surface area contributed by atoms with Crippen molar-refractivity contribution in [3.63, 3.8) is 0 Å². The molecule has 1 N–H and O–H groups in total. The predicted octanol–water partition coefficient (Wildman–Crippen LogP) is 4.52. The van der Waals surface area contributed by atoms with E-state index in [-0.39, 0.29) is 0 Å². The second kappa shape index (κ2) is 5.66. The van der Waals surface area contributed by atoms with E-state index in [1.807, 2.05) is 11.3 Å². The van der Waals surface area contributed by atoms with Gasteiger partial charge < -0.3 is 10.2 Å². The first-order valence-corrected chi connectivity index (χ1v) is 7.86. The highest BCUT2D eigenvalue weighted by molar-refractivity contribution is 7.10. The molecule has 1 aliphatic heterocycles. The van der Waals surface area contributed by atoms with Gasteiger partial charge in [-0.2, -0.15) is 0 Å². The van der Waals surface area contributed by atoms with Crippen molar-refractivity contribution in [3.05, 3.63) is 46.7 Å². The van der Waals surface area contributed by atoms with Crippen molar-refractivity contribution >= 4 is 22.7 Å². The van der Waals surface area contributed by atoms with Gasteiger partial charge in [0.05, 0.1) is 17.4 Å². The lowest BCUT2D eigenvalue weighted by atomic mass is 10.2. The topological polar surface area (TPSA) is 15.3 Å². The van der Waals surface area contributed by atoms with Gasteiger partial charge >= 0.3 is 0 Å². The van der Waals surface area contributed by atoms with Gasteiger partial charge in [0, 0.05) is 18.0 Å². The summed E-state index contributed by atoms with van der Waals surface area (Å²) in [6.07, 6.45) is 2.63. The van der Waals surface area contributed by atoms with E-state index in [4.69, 9.17) is 0 Å². The summed E-state index contributed by atoms with van der Waals surface area (Å²) >= 11 is 1.81. The van der Waals surface area contributed by atoms with E-state index in [1.165, 1.54) is 42.2 Å². The van der Waals surface area contributed by atoms with E-state index in [1.54, 1.807) is 0 Å². The smallest absolute Gasteiger partial charge is 0.0602 e. The third-order valence-electron chi connectivity index (χ3n) is 3.69. The summed E-state index contributed by atoms with van der Waals surface area (Å²) in [6.45, 7) is 4.60. The molecule has 2 aromatic rings. The van der Waals surface area contributed by atoms with E-state index in [0.29, 0.717) is 6.04 Å². The summed E-state index contributed by atoms with van der Waals surface area (Å²) in [5.74, 6) is 0. The van der Waals surface area contributed by atoms with Crippen molar-refractivity contribution in [1.29, 1.82) is 0 Å². The molecule has 0 spiro atoms. The second-order valence-corrected chi connectivity index (χ2v) is 6.07. The van der Waals surface area contributed by atoms with Crippen molar-refractivity contribution in [2.75, 3.05) is 23.3 Å². The quantitative estimate of drug-likeness (QED) is 0.880. The standard InChI is InChI=1S/C16H20N2S/c1-13(16-9-6-12-19-16)17-14-7-2-3-8-15(14)18-10-4-5-11-18/h2-3,6-9,12-13,17H,4-5,10-11H2,1H3. The van der Waals surface area contributed by atoms with Gasteiger partial charge in [0.15, 0.2) is 0 Å². The van der Waals surface area contributed by atoms with Gasteiger partial charge in [0.2, 0.25) is 0 Å². The van der Waals surface area contributed by atoms with Crippen molar-refractivity contribution in [1.82, 2.24) is 0 Å². The zero-order valence-corrected chi connectivity index (χ0v) is 12.1. The molecule has 1 saturated heterocycles. The highest BCUT2D eigenvalue weighted by atomic mass is 32.1. The summed E-state index contributed by atoms with van der Waals surface area (Å²) in [5, 5.41) is 5.80. The maximum absolute atomic E-state index is 3.66. The van der Waals surface area contributed by atoms with Gasteiger partial charge in [-0.05, 0) is 43.3 Å². The highest BCUT2D eigenvalue weighted by Gasteiger charge is 2.16. The molecule has 2 nitrogen and oxygen atoms in total. The van der Waals surface area contributed by atoms with Crippen LogP contribution in [0, 0.1) is 0 Å². The van der Waals surface area contributed by atoms with Crippen LogP contribution >= 0.6 is 11.3 Å². The molecule has 1 aromatic heterocycles. The number of nitrogens with zero attached hydrogens (tertiary/aromatic N) is 1. The van der Waals surface area contributed by atoms with Gasteiger partial charge in [-0.15, -0.1) is 11.3 Å². The fourth-order valence-electron chi connectivity index (χ4n) is 2.67. The van der Waals surface area contributed by atoms with E-state index in [2.05, 4.69) is 58.9 Å². The maximum Gasteiger partial charge on any atom is 0.0602 e. The van der Waals surface area contributed by atoms with Crippen LogP contribution in [0.5, 0.6) is 0 Å². The molecule has 3 heteroatoms. The number of benzene rings is 1. The molecule has 19 heavy (non-hydrogen) atoms. The van der Waals surface area contributed by atoms with Crippen LogP contribution < -0.4 is 10.2 Å². The van der Waals surface area contributed by atoms with E-state index < -0.39 is 0 Å². The Hall–Kier alpha value is -1.48. The lowest BCUT2D eigenvalue weighted by molar-refractivity contribution is 0.898. The summed E-state index contributed by atoms with van der Waals surface area (Å²) in [6, 6.07) is 13.3. The number of anilines is 2. The monoisotopic (exact) mass is 272 g/mol. The lowest BCUT2D eigenvalue weighted by Crippen LogP contribution is -2.19. The van der Waals surface area contributed by atoms with Crippen molar-refractivity contribution < 1.29 is 0 Å². The molecule has 0 bridgehead atoms. The van der Waals surface area contributed by atoms with Gasteiger partial charge in [-0.25, -0.2) is 0 Å². The summed E-state index contributed by atoms with van der Waals surface area (Å²) < 4.78 is 0. The molecule has 3 rings (SSSR count). The Labute approximate surface area is 119 Å². The van der Waals surface area contributed by atoms with Crippen molar-refractivity contribution in [2.24, 2.45) is 0 Å². The Balaban J connectivity index is 1.80. The first-order valence-electron chi connectivity index (χ1n) is 6.98. The first kappa shape index (κ1) is 12.5. The number of rotatable bonds is 4. The molecule has 0 amide bonds. The number of thiophene rings is 1. The second-order valence-electron chi connectivity index (χ2n) is 5.09. The Bertz CT molecular complexity index is 515. The number of para-hydroxylation sites is 2. The van der Waals surface area contributed by atoms with Crippen LogP contribution in [0.3, 0.4) is 0 Å². The molecule has 0 saturated carbocycles. The predicted molar refractivity (Wildman–Crippen MR) is 84.2 cm³/mol. The number of hydrogen-bond acceptors (Lipinski definition) is 3. The minimum atomic E-state index is 0.365. The lowest BCUT2D eigenvalue weighted by Gasteiger charge is -2.24. The molecule has 0 radical (unpaired) electrons.